The molecule has 2 aromatic carbocycles. The van der Waals surface area contributed by atoms with Crippen molar-refractivity contribution in [3.05, 3.63) is 66.1 Å². The van der Waals surface area contributed by atoms with Crippen molar-refractivity contribution >= 4 is 0 Å². The fraction of sp³-hybridized carbons (Fsp3) is 0.417. The van der Waals surface area contributed by atoms with Gasteiger partial charge < -0.3 is 9.26 Å². The molecule has 154 valence electrons. The second-order valence-electron chi connectivity index (χ2n) is 8.29. The quantitative estimate of drug-likeness (QED) is 0.460. The smallest absolute Gasteiger partial charge is 0.241 e. The third-order valence-corrected chi connectivity index (χ3v) is 4.43. The summed E-state index contributed by atoms with van der Waals surface area (Å²) in [6.07, 6.45) is 0. The lowest BCUT2D eigenvalue weighted by Gasteiger charge is -2.24. The summed E-state index contributed by atoms with van der Waals surface area (Å²) in [5.41, 5.74) is 2.07. The first-order chi connectivity index (χ1) is 14.0. The number of hydrogen-bond acceptors (Lipinski definition) is 5. The van der Waals surface area contributed by atoms with Gasteiger partial charge in [-0.1, -0.05) is 63.2 Å². The van der Waals surface area contributed by atoms with Gasteiger partial charge in [0.2, 0.25) is 11.7 Å². The van der Waals surface area contributed by atoms with Gasteiger partial charge in [-0.3, -0.25) is 4.90 Å². The van der Waals surface area contributed by atoms with E-state index in [2.05, 4.69) is 54.9 Å². The van der Waals surface area contributed by atoms with E-state index in [4.69, 9.17) is 9.26 Å². The van der Waals surface area contributed by atoms with Gasteiger partial charge >= 0.3 is 0 Å². The van der Waals surface area contributed by atoms with Gasteiger partial charge in [-0.25, -0.2) is 0 Å². The molecule has 0 aliphatic carbocycles. The average molecular weight is 394 g/mol. The predicted molar refractivity (Wildman–Crippen MR) is 115 cm³/mol. The molecule has 1 heterocycles. The lowest BCUT2D eigenvalue weighted by Crippen LogP contribution is -2.31. The zero-order valence-electron chi connectivity index (χ0n) is 17.8. The van der Waals surface area contributed by atoms with E-state index in [0.29, 0.717) is 36.7 Å². The maximum Gasteiger partial charge on any atom is 0.241 e. The van der Waals surface area contributed by atoms with Crippen LogP contribution in [0.5, 0.6) is 5.75 Å². The lowest BCUT2D eigenvalue weighted by atomic mass is 10.1. The monoisotopic (exact) mass is 393 g/mol. The largest absolute Gasteiger partial charge is 0.489 e. The summed E-state index contributed by atoms with van der Waals surface area (Å²) >= 11 is 0. The number of benzene rings is 2. The fourth-order valence-electron chi connectivity index (χ4n) is 3.31. The molecule has 0 atom stereocenters. The first-order valence-corrected chi connectivity index (χ1v) is 10.3. The summed E-state index contributed by atoms with van der Waals surface area (Å²) < 4.78 is 11.4. The average Bonchev–Trinajstić information content (AvgIpc) is 3.15. The zero-order valence-corrected chi connectivity index (χ0v) is 17.8. The van der Waals surface area contributed by atoms with Gasteiger partial charge in [0.25, 0.3) is 0 Å². The topological polar surface area (TPSA) is 51.4 Å². The van der Waals surface area contributed by atoms with E-state index >= 15 is 0 Å². The van der Waals surface area contributed by atoms with Crippen LogP contribution in [-0.4, -0.2) is 28.1 Å². The maximum absolute atomic E-state index is 5.84. The molecule has 1 aromatic heterocycles. The van der Waals surface area contributed by atoms with E-state index in [0.717, 1.165) is 30.0 Å². The molecule has 0 aliphatic heterocycles. The molecule has 0 bridgehead atoms. The second kappa shape index (κ2) is 10.2. The van der Waals surface area contributed by atoms with Gasteiger partial charge in [0.1, 0.15) is 12.4 Å². The van der Waals surface area contributed by atoms with Crippen LogP contribution in [-0.2, 0) is 13.2 Å². The molecule has 0 saturated carbocycles. The van der Waals surface area contributed by atoms with Gasteiger partial charge in [0.15, 0.2) is 0 Å². The molecule has 0 unspecified atom stereocenters. The van der Waals surface area contributed by atoms with Crippen LogP contribution in [0.1, 0.15) is 39.1 Å². The Balaban J connectivity index is 1.60. The summed E-state index contributed by atoms with van der Waals surface area (Å²) in [6.45, 7) is 12.2. The normalized spacial score (nSPS) is 11.6. The minimum atomic E-state index is 0.550. The Morgan fingerprint density at radius 1 is 0.897 bits per heavy atom. The van der Waals surface area contributed by atoms with Crippen molar-refractivity contribution in [3.63, 3.8) is 0 Å². The molecular weight excluding hydrogens is 362 g/mol. The van der Waals surface area contributed by atoms with Gasteiger partial charge in [-0.15, -0.1) is 0 Å². The van der Waals surface area contributed by atoms with Gasteiger partial charge in [0, 0.05) is 18.7 Å². The summed E-state index contributed by atoms with van der Waals surface area (Å²) in [4.78, 5) is 6.98. The van der Waals surface area contributed by atoms with Crippen LogP contribution >= 0.6 is 0 Å². The summed E-state index contributed by atoms with van der Waals surface area (Å²) in [7, 11) is 0. The summed E-state index contributed by atoms with van der Waals surface area (Å²) in [5, 5.41) is 4.17. The van der Waals surface area contributed by atoms with Crippen LogP contribution in [0.25, 0.3) is 11.4 Å². The number of ether oxygens (including phenoxy) is 1. The van der Waals surface area contributed by atoms with Crippen LogP contribution < -0.4 is 4.74 Å². The van der Waals surface area contributed by atoms with Crippen LogP contribution in [0.2, 0.25) is 0 Å². The first-order valence-electron chi connectivity index (χ1n) is 10.3. The minimum absolute atomic E-state index is 0.550. The molecule has 5 nitrogen and oxygen atoms in total. The van der Waals surface area contributed by atoms with Crippen molar-refractivity contribution in [3.8, 4) is 17.1 Å². The van der Waals surface area contributed by atoms with E-state index in [1.54, 1.807) is 0 Å². The third-order valence-electron chi connectivity index (χ3n) is 4.43. The van der Waals surface area contributed by atoms with Crippen LogP contribution in [0, 0.1) is 11.8 Å². The lowest BCUT2D eigenvalue weighted by molar-refractivity contribution is 0.186. The van der Waals surface area contributed by atoms with Crippen molar-refractivity contribution in [1.82, 2.24) is 15.0 Å². The molecule has 5 heteroatoms. The first kappa shape index (κ1) is 21.1. The highest BCUT2D eigenvalue weighted by molar-refractivity contribution is 5.55. The summed E-state index contributed by atoms with van der Waals surface area (Å²) in [6, 6.07) is 18.0. The highest BCUT2D eigenvalue weighted by Crippen LogP contribution is 2.21. The molecule has 0 spiro atoms. The Morgan fingerprint density at radius 2 is 1.55 bits per heavy atom. The Morgan fingerprint density at radius 3 is 2.17 bits per heavy atom. The third kappa shape index (κ3) is 6.71. The second-order valence-corrected chi connectivity index (χ2v) is 8.29. The molecule has 3 rings (SSSR count). The van der Waals surface area contributed by atoms with E-state index in [9.17, 15) is 0 Å². The molecule has 29 heavy (non-hydrogen) atoms. The number of rotatable bonds is 10. The molecule has 0 amide bonds. The molecule has 0 saturated heterocycles. The summed E-state index contributed by atoms with van der Waals surface area (Å²) in [5.74, 6) is 3.29. The predicted octanol–water partition coefficient (Wildman–Crippen LogP) is 5.43. The van der Waals surface area contributed by atoms with Crippen LogP contribution in [0.15, 0.2) is 59.1 Å². The van der Waals surface area contributed by atoms with E-state index in [1.807, 2.05) is 42.5 Å². The van der Waals surface area contributed by atoms with Crippen LogP contribution in [0.4, 0.5) is 0 Å². The van der Waals surface area contributed by atoms with E-state index in [-0.39, 0.29) is 0 Å². The Bertz CT molecular complexity index is 847. The van der Waals surface area contributed by atoms with Gasteiger partial charge in [0.05, 0.1) is 6.54 Å². The van der Waals surface area contributed by atoms with Crippen molar-refractivity contribution in [2.24, 2.45) is 11.8 Å². The van der Waals surface area contributed by atoms with E-state index in [1.165, 1.54) is 0 Å². The van der Waals surface area contributed by atoms with Crippen LogP contribution in [0.3, 0.4) is 0 Å². The van der Waals surface area contributed by atoms with Crippen molar-refractivity contribution in [1.29, 1.82) is 0 Å². The molecule has 0 fully saturated rings. The Labute approximate surface area is 173 Å². The standard InChI is InChI=1S/C24H31N3O2/c1-18(2)14-27(15-19(3)4)16-23-25-24(26-29-23)21-10-12-22(13-11-21)28-17-20-8-6-5-7-9-20/h5-13,18-19H,14-17H2,1-4H3. The highest BCUT2D eigenvalue weighted by atomic mass is 16.5. The Kier molecular flexibility index (Phi) is 7.42. The number of nitrogens with zero attached hydrogens (tertiary/aromatic N) is 3. The highest BCUT2D eigenvalue weighted by Gasteiger charge is 2.15. The maximum atomic E-state index is 5.84. The van der Waals surface area contributed by atoms with Crippen molar-refractivity contribution < 1.29 is 9.26 Å². The zero-order chi connectivity index (χ0) is 20.6. The van der Waals surface area contributed by atoms with E-state index < -0.39 is 0 Å². The fourth-order valence-corrected chi connectivity index (χ4v) is 3.31. The molecule has 0 N–H and O–H groups in total. The molecule has 0 radical (unpaired) electrons. The molecule has 0 aliphatic rings. The van der Waals surface area contributed by atoms with Crippen molar-refractivity contribution in [2.45, 2.75) is 40.8 Å². The number of aromatic nitrogens is 2. The van der Waals surface area contributed by atoms with Gasteiger partial charge in [-0.05, 0) is 41.7 Å². The molecule has 3 aromatic rings. The SMILES string of the molecule is CC(C)CN(Cc1nc(-c2ccc(OCc3ccccc3)cc2)no1)CC(C)C. The molecular formula is C24H31N3O2. The number of hydrogen-bond donors (Lipinski definition) is 0. The Hall–Kier alpha value is -2.66. The van der Waals surface area contributed by atoms with Crippen molar-refractivity contribution in [2.75, 3.05) is 13.1 Å². The van der Waals surface area contributed by atoms with Gasteiger partial charge in [-0.2, -0.15) is 4.98 Å². The minimum Gasteiger partial charge on any atom is -0.489 e.